The first-order chi connectivity index (χ1) is 6.66. The summed E-state index contributed by atoms with van der Waals surface area (Å²) in [6.45, 7) is 4.83. The van der Waals surface area contributed by atoms with Crippen molar-refractivity contribution in [2.45, 2.75) is 44.8 Å². The molecular formula is C10H22N2O3. The maximum atomic E-state index is 11.3. The van der Waals surface area contributed by atoms with E-state index in [-0.39, 0.29) is 24.6 Å². The molecule has 0 fully saturated rings. The van der Waals surface area contributed by atoms with Crippen LogP contribution in [0.15, 0.2) is 0 Å². The fourth-order valence-electron chi connectivity index (χ4n) is 0.869. The van der Waals surface area contributed by atoms with Crippen molar-refractivity contribution in [2.24, 2.45) is 5.73 Å². The van der Waals surface area contributed by atoms with E-state index in [1.165, 1.54) is 6.92 Å². The minimum Gasteiger partial charge on any atom is -0.393 e. The minimum atomic E-state index is -1.26. The fourth-order valence-corrected chi connectivity index (χ4v) is 0.869. The van der Waals surface area contributed by atoms with Crippen LogP contribution in [-0.4, -0.2) is 40.4 Å². The molecule has 15 heavy (non-hydrogen) atoms. The zero-order valence-corrected chi connectivity index (χ0v) is 9.71. The van der Waals surface area contributed by atoms with Gasteiger partial charge in [-0.1, -0.05) is 0 Å². The van der Waals surface area contributed by atoms with Crippen LogP contribution in [0.5, 0.6) is 0 Å². The van der Waals surface area contributed by atoms with Crippen molar-refractivity contribution in [1.29, 1.82) is 0 Å². The molecule has 0 spiro atoms. The molecule has 5 heteroatoms. The molecule has 0 radical (unpaired) electrons. The van der Waals surface area contributed by atoms with E-state index in [9.17, 15) is 9.90 Å². The number of amides is 1. The normalized spacial score (nSPS) is 15.9. The smallest absolute Gasteiger partial charge is 0.220 e. The van der Waals surface area contributed by atoms with Crippen LogP contribution in [0.3, 0.4) is 0 Å². The molecule has 1 atom stereocenters. The summed E-state index contributed by atoms with van der Waals surface area (Å²) in [5, 5.41) is 20.7. The summed E-state index contributed by atoms with van der Waals surface area (Å²) in [5.74, 6) is -0.165. The first-order valence-electron chi connectivity index (χ1n) is 5.05. The van der Waals surface area contributed by atoms with E-state index < -0.39 is 5.60 Å². The third-order valence-electron chi connectivity index (χ3n) is 2.00. The van der Waals surface area contributed by atoms with Gasteiger partial charge in [0.05, 0.1) is 6.61 Å². The first-order valence-corrected chi connectivity index (χ1v) is 5.05. The van der Waals surface area contributed by atoms with Crippen molar-refractivity contribution in [3.05, 3.63) is 0 Å². The van der Waals surface area contributed by atoms with Gasteiger partial charge < -0.3 is 21.3 Å². The van der Waals surface area contributed by atoms with Crippen LogP contribution in [0, 0.1) is 0 Å². The topological polar surface area (TPSA) is 95.6 Å². The Morgan fingerprint density at radius 2 is 1.93 bits per heavy atom. The van der Waals surface area contributed by atoms with Gasteiger partial charge in [0.1, 0.15) is 5.60 Å². The molecule has 0 bridgehead atoms. The highest BCUT2D eigenvalue weighted by Crippen LogP contribution is 2.07. The lowest BCUT2D eigenvalue weighted by molar-refractivity contribution is -0.122. The predicted octanol–water partition coefficient (Wildman–Crippen LogP) is -0.637. The number of aliphatic hydroxyl groups excluding tert-OH is 1. The fraction of sp³-hybridized carbons (Fsp3) is 0.900. The van der Waals surface area contributed by atoms with Crippen molar-refractivity contribution < 1.29 is 15.0 Å². The molecule has 0 aromatic heterocycles. The number of hydrogen-bond donors (Lipinski definition) is 4. The Labute approximate surface area is 90.7 Å². The minimum absolute atomic E-state index is 0.0489. The Balaban J connectivity index is 3.77. The van der Waals surface area contributed by atoms with Crippen LogP contribution in [0.4, 0.5) is 0 Å². The van der Waals surface area contributed by atoms with Crippen LogP contribution in [0.2, 0.25) is 0 Å². The number of hydrogen-bond acceptors (Lipinski definition) is 4. The summed E-state index contributed by atoms with van der Waals surface area (Å²) in [4.78, 5) is 11.3. The summed E-state index contributed by atoms with van der Waals surface area (Å²) in [7, 11) is 0. The van der Waals surface area contributed by atoms with Gasteiger partial charge in [0.25, 0.3) is 0 Å². The van der Waals surface area contributed by atoms with Crippen molar-refractivity contribution in [3.8, 4) is 0 Å². The molecular weight excluding hydrogens is 196 g/mol. The Kier molecular flexibility index (Phi) is 5.20. The number of carbonyl (C=O) groups is 1. The highest BCUT2D eigenvalue weighted by molar-refractivity contribution is 5.76. The Morgan fingerprint density at radius 1 is 1.40 bits per heavy atom. The molecule has 1 amide bonds. The number of aliphatic hydroxyl groups is 2. The summed E-state index contributed by atoms with van der Waals surface area (Å²) >= 11 is 0. The lowest BCUT2D eigenvalue weighted by Gasteiger charge is -2.22. The molecule has 0 aliphatic rings. The van der Waals surface area contributed by atoms with E-state index in [4.69, 9.17) is 10.8 Å². The Bertz CT molecular complexity index is 209. The van der Waals surface area contributed by atoms with Gasteiger partial charge in [0, 0.05) is 18.5 Å². The van der Waals surface area contributed by atoms with Gasteiger partial charge in [-0.3, -0.25) is 4.79 Å². The van der Waals surface area contributed by atoms with E-state index in [2.05, 4.69) is 5.32 Å². The second-order valence-corrected chi connectivity index (χ2v) is 4.92. The molecule has 0 aliphatic heterocycles. The van der Waals surface area contributed by atoms with Gasteiger partial charge in [0.15, 0.2) is 0 Å². The van der Waals surface area contributed by atoms with Gasteiger partial charge in [-0.05, 0) is 27.2 Å². The molecule has 0 aromatic carbocycles. The first kappa shape index (κ1) is 14.3. The summed E-state index contributed by atoms with van der Waals surface area (Å²) in [6.07, 6.45) is 0.908. The van der Waals surface area contributed by atoms with Gasteiger partial charge in [-0.2, -0.15) is 0 Å². The van der Waals surface area contributed by atoms with E-state index in [0.29, 0.717) is 12.8 Å². The molecule has 90 valence electrons. The van der Waals surface area contributed by atoms with Gasteiger partial charge >= 0.3 is 0 Å². The molecule has 0 heterocycles. The molecule has 0 aromatic rings. The highest BCUT2D eigenvalue weighted by atomic mass is 16.3. The van der Waals surface area contributed by atoms with Crippen molar-refractivity contribution >= 4 is 5.91 Å². The number of carbonyl (C=O) groups excluding carboxylic acids is 1. The summed E-state index contributed by atoms with van der Waals surface area (Å²) in [6, 6.07) is 0. The maximum Gasteiger partial charge on any atom is 0.220 e. The van der Waals surface area contributed by atoms with E-state index in [0.717, 1.165) is 0 Å². The van der Waals surface area contributed by atoms with E-state index in [1.807, 2.05) is 13.8 Å². The number of nitrogens with two attached hydrogens (primary N) is 1. The lowest BCUT2D eigenvalue weighted by atomic mass is 10.00. The van der Waals surface area contributed by atoms with Crippen LogP contribution < -0.4 is 11.1 Å². The van der Waals surface area contributed by atoms with Crippen LogP contribution in [0.25, 0.3) is 0 Å². The number of rotatable bonds is 6. The number of nitrogens with one attached hydrogen (secondary N) is 1. The maximum absolute atomic E-state index is 11.3. The summed E-state index contributed by atoms with van der Waals surface area (Å²) < 4.78 is 0. The average Bonchev–Trinajstić information content (AvgIpc) is 2.10. The SMILES string of the molecule is CC(C)(N)CCC(=O)NCC(C)(O)CO. The van der Waals surface area contributed by atoms with Crippen molar-refractivity contribution in [1.82, 2.24) is 5.32 Å². The average molecular weight is 218 g/mol. The summed E-state index contributed by atoms with van der Waals surface area (Å²) in [5.41, 5.74) is 4.10. The quantitative estimate of drug-likeness (QED) is 0.477. The molecule has 0 saturated carbocycles. The molecule has 0 saturated heterocycles. The zero-order chi connectivity index (χ0) is 12.1. The molecule has 0 aliphatic carbocycles. The highest BCUT2D eigenvalue weighted by Gasteiger charge is 2.20. The van der Waals surface area contributed by atoms with Crippen LogP contribution in [-0.2, 0) is 4.79 Å². The van der Waals surface area contributed by atoms with E-state index in [1.54, 1.807) is 0 Å². The van der Waals surface area contributed by atoms with E-state index >= 15 is 0 Å². The Morgan fingerprint density at radius 3 is 2.33 bits per heavy atom. The monoisotopic (exact) mass is 218 g/mol. The largest absolute Gasteiger partial charge is 0.393 e. The van der Waals surface area contributed by atoms with Crippen LogP contribution in [0.1, 0.15) is 33.6 Å². The standard InChI is InChI=1S/C10H22N2O3/c1-9(2,11)5-4-8(14)12-6-10(3,15)7-13/h13,15H,4-7,11H2,1-3H3,(H,12,14). The predicted molar refractivity (Wildman–Crippen MR) is 58.2 cm³/mol. The van der Waals surface area contributed by atoms with Gasteiger partial charge in [-0.15, -0.1) is 0 Å². The zero-order valence-electron chi connectivity index (χ0n) is 9.71. The van der Waals surface area contributed by atoms with Crippen molar-refractivity contribution in [2.75, 3.05) is 13.2 Å². The second kappa shape index (κ2) is 5.44. The van der Waals surface area contributed by atoms with Crippen molar-refractivity contribution in [3.63, 3.8) is 0 Å². The molecule has 1 unspecified atom stereocenters. The molecule has 5 nitrogen and oxygen atoms in total. The molecule has 0 rings (SSSR count). The molecule has 5 N–H and O–H groups in total. The third-order valence-corrected chi connectivity index (χ3v) is 2.00. The van der Waals surface area contributed by atoms with Crippen LogP contribution >= 0.6 is 0 Å². The van der Waals surface area contributed by atoms with Gasteiger partial charge in [0.2, 0.25) is 5.91 Å². The Hall–Kier alpha value is -0.650. The second-order valence-electron chi connectivity index (χ2n) is 4.92. The lowest BCUT2D eigenvalue weighted by Crippen LogP contribution is -2.43. The third kappa shape index (κ3) is 8.35. The van der Waals surface area contributed by atoms with Gasteiger partial charge in [-0.25, -0.2) is 0 Å².